The van der Waals surface area contributed by atoms with Crippen LogP contribution in [-0.4, -0.2) is 31.0 Å². The number of amides is 1. The number of carbonyl (C=O) groups excluding carboxylic acids is 1. The van der Waals surface area contributed by atoms with Gasteiger partial charge in [-0.15, -0.1) is 0 Å². The van der Waals surface area contributed by atoms with Gasteiger partial charge in [0.25, 0.3) is 0 Å². The molecule has 0 aliphatic rings. The Kier molecular flexibility index (Phi) is 8.93. The highest BCUT2D eigenvalue weighted by Gasteiger charge is 1.97. The van der Waals surface area contributed by atoms with Crippen molar-refractivity contribution in [3.63, 3.8) is 0 Å². The Hall–Kier alpha value is -0.0900. The normalized spacial score (nSPS) is 9.83. The topological polar surface area (TPSA) is 38.3 Å². The molecule has 3 nitrogen and oxygen atoms in total. The second kappa shape index (κ2) is 9.00. The fraction of sp³-hybridized carbons (Fsp3) is 0.875. The van der Waals surface area contributed by atoms with Gasteiger partial charge in [0.05, 0.1) is 0 Å². The summed E-state index contributed by atoms with van der Waals surface area (Å²) in [7, 11) is 0. The third-order valence-electron chi connectivity index (χ3n) is 1.31. The van der Waals surface area contributed by atoms with Gasteiger partial charge in [-0.2, -0.15) is 0 Å². The van der Waals surface area contributed by atoms with Crippen molar-refractivity contribution in [2.45, 2.75) is 19.8 Å². The lowest BCUT2D eigenvalue weighted by atomic mass is 10.4. The van der Waals surface area contributed by atoms with E-state index in [0.29, 0.717) is 13.0 Å². The highest BCUT2D eigenvalue weighted by atomic mass is 79.9. The minimum atomic E-state index is 0.100. The molecular formula is C8H16BrNO2. The smallest absolute Gasteiger partial charge is 0.220 e. The zero-order valence-corrected chi connectivity index (χ0v) is 9.02. The van der Waals surface area contributed by atoms with E-state index in [0.717, 1.165) is 25.0 Å². The molecule has 0 aliphatic carbocycles. The van der Waals surface area contributed by atoms with Crippen molar-refractivity contribution in [3.05, 3.63) is 0 Å². The van der Waals surface area contributed by atoms with Gasteiger partial charge in [-0.3, -0.25) is 4.79 Å². The van der Waals surface area contributed by atoms with E-state index >= 15 is 0 Å². The van der Waals surface area contributed by atoms with E-state index in [1.165, 1.54) is 0 Å². The minimum absolute atomic E-state index is 0.100. The number of nitrogens with one attached hydrogen (secondary N) is 1. The van der Waals surface area contributed by atoms with Crippen LogP contribution in [0.2, 0.25) is 0 Å². The molecule has 0 unspecified atom stereocenters. The van der Waals surface area contributed by atoms with E-state index in [2.05, 4.69) is 21.2 Å². The summed E-state index contributed by atoms with van der Waals surface area (Å²) in [6.45, 7) is 4.15. The summed E-state index contributed by atoms with van der Waals surface area (Å²) in [5.74, 6) is 0.100. The van der Waals surface area contributed by atoms with Crippen molar-refractivity contribution < 1.29 is 9.53 Å². The van der Waals surface area contributed by atoms with Gasteiger partial charge in [-0.25, -0.2) is 0 Å². The zero-order chi connectivity index (χ0) is 9.23. The van der Waals surface area contributed by atoms with Crippen LogP contribution in [0.1, 0.15) is 19.8 Å². The summed E-state index contributed by atoms with van der Waals surface area (Å²) >= 11 is 3.20. The Morgan fingerprint density at radius 1 is 1.58 bits per heavy atom. The number of carbonyl (C=O) groups is 1. The fourth-order valence-electron chi connectivity index (χ4n) is 0.721. The Morgan fingerprint density at radius 3 is 2.92 bits per heavy atom. The average molecular weight is 238 g/mol. The number of hydrogen-bond acceptors (Lipinski definition) is 2. The molecule has 0 bridgehead atoms. The van der Waals surface area contributed by atoms with E-state index in [1.807, 2.05) is 6.92 Å². The first-order valence-electron chi connectivity index (χ1n) is 4.21. The summed E-state index contributed by atoms with van der Waals surface area (Å²) in [5.41, 5.74) is 0. The highest BCUT2D eigenvalue weighted by Crippen LogP contribution is 1.87. The summed E-state index contributed by atoms with van der Waals surface area (Å²) in [6, 6.07) is 0. The van der Waals surface area contributed by atoms with Crippen LogP contribution in [0, 0.1) is 0 Å². The van der Waals surface area contributed by atoms with Crippen LogP contribution in [0.5, 0.6) is 0 Å². The molecule has 12 heavy (non-hydrogen) atoms. The first-order chi connectivity index (χ1) is 5.81. The Balaban J connectivity index is 3.03. The van der Waals surface area contributed by atoms with Crippen molar-refractivity contribution in [1.29, 1.82) is 0 Å². The van der Waals surface area contributed by atoms with Gasteiger partial charge in [-0.1, -0.05) is 15.9 Å². The molecule has 0 saturated carbocycles. The van der Waals surface area contributed by atoms with Crippen molar-refractivity contribution in [3.8, 4) is 0 Å². The third-order valence-corrected chi connectivity index (χ3v) is 1.71. The Morgan fingerprint density at radius 2 is 2.33 bits per heavy atom. The van der Waals surface area contributed by atoms with Crippen LogP contribution in [0.4, 0.5) is 0 Å². The zero-order valence-electron chi connectivity index (χ0n) is 7.44. The van der Waals surface area contributed by atoms with Gasteiger partial charge in [-0.05, 0) is 13.3 Å². The Bertz CT molecular complexity index is 120. The van der Waals surface area contributed by atoms with E-state index < -0.39 is 0 Å². The van der Waals surface area contributed by atoms with Gasteiger partial charge in [0.2, 0.25) is 5.91 Å². The quantitative estimate of drug-likeness (QED) is 0.536. The Labute approximate surface area is 82.0 Å². The number of ether oxygens (including phenoxy) is 1. The van der Waals surface area contributed by atoms with Crippen molar-refractivity contribution in [2.75, 3.05) is 25.1 Å². The van der Waals surface area contributed by atoms with Gasteiger partial charge < -0.3 is 10.1 Å². The molecule has 0 atom stereocenters. The van der Waals surface area contributed by atoms with Crippen LogP contribution in [0.3, 0.4) is 0 Å². The molecule has 0 aliphatic heterocycles. The molecule has 0 saturated heterocycles. The maximum absolute atomic E-state index is 10.9. The molecule has 1 amide bonds. The molecule has 0 fully saturated rings. The van der Waals surface area contributed by atoms with E-state index in [-0.39, 0.29) is 5.91 Å². The van der Waals surface area contributed by atoms with Gasteiger partial charge >= 0.3 is 0 Å². The lowest BCUT2D eigenvalue weighted by molar-refractivity contribution is -0.120. The maximum atomic E-state index is 10.9. The molecule has 0 aromatic carbocycles. The van der Waals surface area contributed by atoms with Crippen LogP contribution >= 0.6 is 15.9 Å². The number of hydrogen-bond donors (Lipinski definition) is 1. The SMILES string of the molecule is CCOCCCNC(=O)CCBr. The minimum Gasteiger partial charge on any atom is -0.382 e. The largest absolute Gasteiger partial charge is 0.382 e. The van der Waals surface area contributed by atoms with Crippen molar-refractivity contribution in [2.24, 2.45) is 0 Å². The first kappa shape index (κ1) is 11.9. The van der Waals surface area contributed by atoms with Crippen LogP contribution < -0.4 is 5.32 Å². The van der Waals surface area contributed by atoms with Crippen molar-refractivity contribution in [1.82, 2.24) is 5.32 Å². The molecule has 0 spiro atoms. The molecule has 72 valence electrons. The summed E-state index contributed by atoms with van der Waals surface area (Å²) in [5, 5.41) is 3.52. The molecule has 0 heterocycles. The summed E-state index contributed by atoms with van der Waals surface area (Å²) in [4.78, 5) is 10.9. The third kappa shape index (κ3) is 8.01. The maximum Gasteiger partial charge on any atom is 0.220 e. The molecule has 0 radical (unpaired) electrons. The monoisotopic (exact) mass is 237 g/mol. The average Bonchev–Trinajstić information content (AvgIpc) is 2.05. The standard InChI is InChI=1S/C8H16BrNO2/c1-2-12-7-3-6-10-8(11)4-5-9/h2-7H2,1H3,(H,10,11). The molecule has 4 heteroatoms. The molecule has 1 N–H and O–H groups in total. The number of rotatable bonds is 7. The molecular weight excluding hydrogens is 222 g/mol. The number of alkyl halides is 1. The second-order valence-electron chi connectivity index (χ2n) is 2.34. The first-order valence-corrected chi connectivity index (χ1v) is 5.33. The van der Waals surface area contributed by atoms with Crippen molar-refractivity contribution >= 4 is 21.8 Å². The summed E-state index contributed by atoms with van der Waals surface area (Å²) < 4.78 is 5.11. The van der Waals surface area contributed by atoms with Gasteiger partial charge in [0.15, 0.2) is 0 Å². The van der Waals surface area contributed by atoms with E-state index in [4.69, 9.17) is 4.74 Å². The van der Waals surface area contributed by atoms with Crippen LogP contribution in [0.25, 0.3) is 0 Å². The van der Waals surface area contributed by atoms with E-state index in [9.17, 15) is 4.79 Å². The highest BCUT2D eigenvalue weighted by molar-refractivity contribution is 9.09. The molecule has 0 aromatic heterocycles. The predicted molar refractivity (Wildman–Crippen MR) is 52.5 cm³/mol. The lowest BCUT2D eigenvalue weighted by Gasteiger charge is -2.03. The second-order valence-corrected chi connectivity index (χ2v) is 3.13. The van der Waals surface area contributed by atoms with Crippen LogP contribution in [0.15, 0.2) is 0 Å². The lowest BCUT2D eigenvalue weighted by Crippen LogP contribution is -2.25. The van der Waals surface area contributed by atoms with Gasteiger partial charge in [0.1, 0.15) is 0 Å². The predicted octanol–water partition coefficient (Wildman–Crippen LogP) is 1.31. The molecule has 0 aromatic rings. The fourth-order valence-corrected chi connectivity index (χ4v) is 1.08. The number of halogens is 1. The van der Waals surface area contributed by atoms with E-state index in [1.54, 1.807) is 0 Å². The van der Waals surface area contributed by atoms with Crippen LogP contribution in [-0.2, 0) is 9.53 Å². The van der Waals surface area contributed by atoms with Gasteiger partial charge in [0, 0.05) is 31.5 Å². The summed E-state index contributed by atoms with van der Waals surface area (Å²) in [6.07, 6.45) is 1.44. The molecule has 0 rings (SSSR count).